The van der Waals surface area contributed by atoms with E-state index in [1.54, 1.807) is 0 Å². The van der Waals surface area contributed by atoms with Gasteiger partial charge in [-0.15, -0.1) is 11.8 Å². The number of hydrogen-bond donors (Lipinski definition) is 2. The molecule has 1 atom stereocenters. The Balaban J connectivity index is 1.21. The van der Waals surface area contributed by atoms with E-state index in [1.807, 2.05) is 36.4 Å². The van der Waals surface area contributed by atoms with Crippen LogP contribution in [0, 0.1) is 0 Å². The van der Waals surface area contributed by atoms with Gasteiger partial charge in [0.25, 0.3) is 5.91 Å². The number of nitrogens with one attached hydrogen (secondary N) is 1. The third kappa shape index (κ3) is 4.01. The summed E-state index contributed by atoms with van der Waals surface area (Å²) >= 11 is 1.35. The summed E-state index contributed by atoms with van der Waals surface area (Å²) in [6, 6.07) is 15.2. The number of oxazole rings is 1. The number of nitrogens with zero attached hydrogens (tertiary/aromatic N) is 2. The number of carboxylic acids is 1. The van der Waals surface area contributed by atoms with Gasteiger partial charge in [0.1, 0.15) is 12.6 Å². The number of amides is 2. The van der Waals surface area contributed by atoms with Crippen molar-refractivity contribution in [2.24, 2.45) is 0 Å². The van der Waals surface area contributed by atoms with Gasteiger partial charge in [0.2, 0.25) is 0 Å². The number of carbonyl (C=O) groups is 3. The fourth-order valence-electron chi connectivity index (χ4n) is 4.36. The lowest BCUT2D eigenvalue weighted by atomic mass is 9.98. The molecular weight excluding hydrogens is 458 g/mol. The highest BCUT2D eigenvalue weighted by molar-refractivity contribution is 7.99. The van der Waals surface area contributed by atoms with Crippen LogP contribution in [0.2, 0.25) is 0 Å². The van der Waals surface area contributed by atoms with Crippen molar-refractivity contribution in [2.45, 2.75) is 18.5 Å². The number of benzene rings is 2. The number of alkyl carbamates (subject to hydrolysis) is 1. The lowest BCUT2D eigenvalue weighted by Crippen LogP contribution is -2.42. The molecule has 5 rings (SSSR count). The van der Waals surface area contributed by atoms with Crippen LogP contribution in [0.25, 0.3) is 11.1 Å². The molecule has 0 saturated carbocycles. The molecule has 1 aliphatic heterocycles. The van der Waals surface area contributed by atoms with E-state index in [-0.39, 0.29) is 36.4 Å². The first-order chi connectivity index (χ1) is 16.5. The predicted octanol–water partition coefficient (Wildman–Crippen LogP) is 3.31. The van der Waals surface area contributed by atoms with Gasteiger partial charge in [-0.3, -0.25) is 4.79 Å². The second-order valence-corrected chi connectivity index (χ2v) is 8.93. The second kappa shape index (κ2) is 9.22. The third-order valence-corrected chi connectivity index (χ3v) is 7.02. The van der Waals surface area contributed by atoms with Gasteiger partial charge < -0.3 is 24.5 Å². The third-order valence-electron chi connectivity index (χ3n) is 6.01. The van der Waals surface area contributed by atoms with Crippen molar-refractivity contribution in [3.63, 3.8) is 0 Å². The van der Waals surface area contributed by atoms with Crippen LogP contribution in [0.1, 0.15) is 33.3 Å². The van der Waals surface area contributed by atoms with Crippen molar-refractivity contribution in [1.29, 1.82) is 0 Å². The van der Waals surface area contributed by atoms with E-state index in [4.69, 9.17) is 9.15 Å². The number of thioether (sulfide) groups is 1. The van der Waals surface area contributed by atoms with E-state index in [0.29, 0.717) is 5.75 Å². The van der Waals surface area contributed by atoms with Crippen molar-refractivity contribution < 1.29 is 28.6 Å². The number of carbonyl (C=O) groups excluding carboxylic acids is 2. The average molecular weight is 480 g/mol. The Morgan fingerprint density at radius 1 is 1.12 bits per heavy atom. The smallest absolute Gasteiger partial charge is 0.407 e. The minimum Gasteiger partial charge on any atom is -0.480 e. The van der Waals surface area contributed by atoms with E-state index in [1.165, 1.54) is 16.7 Å². The zero-order valence-electron chi connectivity index (χ0n) is 18.0. The van der Waals surface area contributed by atoms with Crippen LogP contribution >= 0.6 is 11.8 Å². The highest BCUT2D eigenvalue weighted by Gasteiger charge is 2.37. The predicted molar refractivity (Wildman–Crippen MR) is 123 cm³/mol. The Morgan fingerprint density at radius 2 is 1.79 bits per heavy atom. The number of aromatic nitrogens is 1. The summed E-state index contributed by atoms with van der Waals surface area (Å²) in [4.78, 5) is 41.8. The Hall–Kier alpha value is -3.79. The molecule has 2 aromatic carbocycles. The summed E-state index contributed by atoms with van der Waals surface area (Å²) in [5.41, 5.74) is 4.47. The van der Waals surface area contributed by atoms with Crippen molar-refractivity contribution in [2.75, 3.05) is 18.2 Å². The van der Waals surface area contributed by atoms with Crippen molar-refractivity contribution in [1.82, 2.24) is 15.2 Å². The maximum atomic E-state index is 12.8. The highest BCUT2D eigenvalue weighted by Crippen LogP contribution is 2.44. The Labute approximate surface area is 199 Å². The molecule has 1 aromatic heterocycles. The summed E-state index contributed by atoms with van der Waals surface area (Å²) in [7, 11) is 0. The standard InChI is InChI=1S/C24H21N3O6S/c28-22(27-13-34-11-19(27)23(29)30)21-20(33-12-26-21)9-25-24(31)32-10-18-16-7-3-1-5-14(16)15-6-2-4-8-17(15)18/h1-8,12,18-19H,9-11,13H2,(H,25,31)(H,29,30). The molecule has 2 aliphatic rings. The largest absolute Gasteiger partial charge is 0.480 e. The maximum Gasteiger partial charge on any atom is 0.407 e. The quantitative estimate of drug-likeness (QED) is 0.552. The van der Waals surface area contributed by atoms with Gasteiger partial charge in [-0.05, 0) is 22.3 Å². The zero-order valence-corrected chi connectivity index (χ0v) is 18.8. The van der Waals surface area contributed by atoms with Crippen LogP contribution < -0.4 is 5.32 Å². The number of ether oxygens (including phenoxy) is 1. The molecular formula is C24H21N3O6S. The van der Waals surface area contributed by atoms with Gasteiger partial charge in [0.05, 0.1) is 12.4 Å². The fraction of sp³-hybridized carbons (Fsp3) is 0.250. The molecule has 2 heterocycles. The Kier molecular flexibility index (Phi) is 5.97. The molecule has 1 saturated heterocycles. The first kappa shape index (κ1) is 22.0. The summed E-state index contributed by atoms with van der Waals surface area (Å²) in [5, 5.41) is 11.9. The van der Waals surface area contributed by atoms with E-state index in [0.717, 1.165) is 28.6 Å². The summed E-state index contributed by atoms with van der Waals surface area (Å²) < 4.78 is 10.8. The van der Waals surface area contributed by atoms with Gasteiger partial charge in [-0.2, -0.15) is 0 Å². The SMILES string of the molecule is O=C(NCc1ocnc1C(=O)N1CSCC1C(=O)O)OCC1c2ccccc2-c2ccccc21. The van der Waals surface area contributed by atoms with E-state index in [9.17, 15) is 19.5 Å². The van der Waals surface area contributed by atoms with Crippen molar-refractivity contribution >= 4 is 29.7 Å². The number of fused-ring (bicyclic) bond motifs is 3. The Bertz CT molecular complexity index is 1210. The Morgan fingerprint density at radius 3 is 2.47 bits per heavy atom. The molecule has 9 nitrogen and oxygen atoms in total. The van der Waals surface area contributed by atoms with Gasteiger partial charge in [-0.1, -0.05) is 48.5 Å². The number of hydrogen-bond acceptors (Lipinski definition) is 7. The van der Waals surface area contributed by atoms with Gasteiger partial charge in [-0.25, -0.2) is 14.6 Å². The molecule has 3 aromatic rings. The maximum absolute atomic E-state index is 12.8. The fourth-order valence-corrected chi connectivity index (χ4v) is 5.50. The van der Waals surface area contributed by atoms with E-state index < -0.39 is 24.0 Å². The monoisotopic (exact) mass is 479 g/mol. The molecule has 1 aliphatic carbocycles. The van der Waals surface area contributed by atoms with Crippen LogP contribution in [0.3, 0.4) is 0 Å². The van der Waals surface area contributed by atoms with Crippen LogP contribution in [0.5, 0.6) is 0 Å². The van der Waals surface area contributed by atoms with Crippen LogP contribution in [0.15, 0.2) is 59.3 Å². The second-order valence-electron chi connectivity index (χ2n) is 7.93. The van der Waals surface area contributed by atoms with Gasteiger partial charge in [0.15, 0.2) is 17.8 Å². The van der Waals surface area contributed by atoms with Crippen LogP contribution in [0.4, 0.5) is 4.79 Å². The zero-order chi connectivity index (χ0) is 23.7. The molecule has 0 bridgehead atoms. The molecule has 1 unspecified atom stereocenters. The first-order valence-corrected chi connectivity index (χ1v) is 11.8. The van der Waals surface area contributed by atoms with E-state index in [2.05, 4.69) is 22.4 Å². The molecule has 2 amide bonds. The number of rotatable bonds is 6. The molecule has 174 valence electrons. The lowest BCUT2D eigenvalue weighted by molar-refractivity contribution is -0.140. The van der Waals surface area contributed by atoms with E-state index >= 15 is 0 Å². The first-order valence-electron chi connectivity index (χ1n) is 10.7. The number of aliphatic carboxylic acids is 1. The van der Waals surface area contributed by atoms with Gasteiger partial charge >= 0.3 is 12.1 Å². The normalized spacial score (nSPS) is 16.7. The number of carboxylic acid groups (broad SMARTS) is 1. The lowest BCUT2D eigenvalue weighted by Gasteiger charge is -2.19. The van der Waals surface area contributed by atoms with Crippen molar-refractivity contribution in [3.8, 4) is 11.1 Å². The van der Waals surface area contributed by atoms with Crippen LogP contribution in [-0.4, -0.2) is 57.2 Å². The summed E-state index contributed by atoms with van der Waals surface area (Å²) in [6.07, 6.45) is 0.442. The molecule has 0 spiro atoms. The average Bonchev–Trinajstić information content (AvgIpc) is 3.59. The molecule has 10 heteroatoms. The summed E-state index contributed by atoms with van der Waals surface area (Å²) in [6.45, 7) is 0.0454. The van der Waals surface area contributed by atoms with Crippen molar-refractivity contribution in [3.05, 3.63) is 77.5 Å². The molecule has 0 radical (unpaired) electrons. The highest BCUT2D eigenvalue weighted by atomic mass is 32.2. The summed E-state index contributed by atoms with van der Waals surface area (Å²) in [5.74, 6) is -0.981. The van der Waals surface area contributed by atoms with Gasteiger partial charge in [0, 0.05) is 11.7 Å². The topological polar surface area (TPSA) is 122 Å². The molecule has 34 heavy (non-hydrogen) atoms. The minimum atomic E-state index is -1.07. The minimum absolute atomic E-state index is 0.0207. The molecule has 1 fully saturated rings. The van der Waals surface area contributed by atoms with Crippen LogP contribution in [-0.2, 0) is 16.1 Å². The molecule has 2 N–H and O–H groups in total.